The first-order chi connectivity index (χ1) is 11.4. The molecule has 1 N–H and O–H groups in total. The van der Waals surface area contributed by atoms with Gasteiger partial charge in [-0.05, 0) is 40.5 Å². The molecule has 1 aromatic heterocycles. The Labute approximate surface area is 152 Å². The summed E-state index contributed by atoms with van der Waals surface area (Å²) in [6.07, 6.45) is 0.373. The average Bonchev–Trinajstić information content (AvgIpc) is 3.13. The highest BCUT2D eigenvalue weighted by Crippen LogP contribution is 2.32. The number of hydrogen-bond acceptors (Lipinski definition) is 6. The number of halogens is 1. The molecule has 1 saturated heterocycles. The van der Waals surface area contributed by atoms with E-state index in [1.54, 1.807) is 7.11 Å². The largest absolute Gasteiger partial charge is 0.496 e. The zero-order valence-corrected chi connectivity index (χ0v) is 16.0. The second-order valence-electron chi connectivity index (χ2n) is 5.48. The number of nitrogens with zero attached hydrogens (tertiary/aromatic N) is 1. The van der Waals surface area contributed by atoms with Crippen LogP contribution in [0.5, 0.6) is 5.75 Å². The average molecular weight is 431 g/mol. The van der Waals surface area contributed by atoms with Crippen LogP contribution in [0.15, 0.2) is 28.1 Å². The topological polar surface area (TPSA) is 85.4 Å². The lowest BCUT2D eigenvalue weighted by Gasteiger charge is -2.06. The lowest BCUT2D eigenvalue weighted by atomic mass is 10.1. The number of carbonyl (C=O) groups is 1. The van der Waals surface area contributed by atoms with Crippen molar-refractivity contribution in [2.75, 3.05) is 23.9 Å². The Morgan fingerprint density at radius 3 is 2.88 bits per heavy atom. The van der Waals surface area contributed by atoms with Gasteiger partial charge in [-0.3, -0.25) is 4.79 Å². The van der Waals surface area contributed by atoms with Gasteiger partial charge in [0.1, 0.15) is 5.75 Å². The smallest absolute Gasteiger partial charge is 0.230 e. The number of carbonyl (C=O) groups excluding carboxylic acids is 1. The van der Waals surface area contributed by atoms with Crippen molar-refractivity contribution in [2.24, 2.45) is 5.92 Å². The Morgan fingerprint density at radius 2 is 2.25 bits per heavy atom. The lowest BCUT2D eigenvalue weighted by molar-refractivity contribution is -0.119. The third kappa shape index (κ3) is 3.79. The van der Waals surface area contributed by atoms with Crippen molar-refractivity contribution in [3.05, 3.63) is 28.1 Å². The number of hydrogen-bond donors (Lipinski definition) is 1. The van der Waals surface area contributed by atoms with E-state index in [9.17, 15) is 13.2 Å². The summed E-state index contributed by atoms with van der Waals surface area (Å²) in [5.74, 6) is -0.0494. The van der Waals surface area contributed by atoms with Crippen LogP contribution in [0.2, 0.25) is 0 Å². The zero-order chi connectivity index (χ0) is 17.3. The summed E-state index contributed by atoms with van der Waals surface area (Å²) in [6.45, 7) is 0. The number of nitrogens with one attached hydrogen (secondary N) is 1. The highest BCUT2D eigenvalue weighted by Gasteiger charge is 2.33. The third-order valence-electron chi connectivity index (χ3n) is 3.79. The first kappa shape index (κ1) is 17.4. The fourth-order valence-corrected chi connectivity index (χ4v) is 5.50. The maximum atomic E-state index is 12.2. The van der Waals surface area contributed by atoms with Gasteiger partial charge in [-0.25, -0.2) is 13.4 Å². The van der Waals surface area contributed by atoms with E-state index in [1.807, 2.05) is 23.6 Å². The molecule has 9 heteroatoms. The summed E-state index contributed by atoms with van der Waals surface area (Å²) >= 11 is 4.74. The maximum absolute atomic E-state index is 12.2. The predicted molar refractivity (Wildman–Crippen MR) is 97.2 cm³/mol. The Hall–Kier alpha value is -1.45. The van der Waals surface area contributed by atoms with Gasteiger partial charge in [0.05, 0.1) is 34.7 Å². The van der Waals surface area contributed by atoms with Crippen LogP contribution in [-0.2, 0) is 14.6 Å². The minimum absolute atomic E-state index is 0.0775. The molecule has 1 aliphatic heterocycles. The number of methoxy groups -OCH3 is 1. The molecule has 3 rings (SSSR count). The molecule has 6 nitrogen and oxygen atoms in total. The number of rotatable bonds is 4. The minimum Gasteiger partial charge on any atom is -0.496 e. The van der Waals surface area contributed by atoms with E-state index >= 15 is 0 Å². The van der Waals surface area contributed by atoms with Gasteiger partial charge in [0.15, 0.2) is 15.0 Å². The Morgan fingerprint density at radius 1 is 1.46 bits per heavy atom. The van der Waals surface area contributed by atoms with Crippen LogP contribution in [0, 0.1) is 5.92 Å². The zero-order valence-electron chi connectivity index (χ0n) is 12.8. The molecule has 1 unspecified atom stereocenters. The van der Waals surface area contributed by atoms with Crippen molar-refractivity contribution in [3.63, 3.8) is 0 Å². The van der Waals surface area contributed by atoms with Crippen molar-refractivity contribution >= 4 is 48.1 Å². The Bertz CT molecular complexity index is 879. The molecule has 1 aliphatic rings. The van der Waals surface area contributed by atoms with Crippen LogP contribution in [0.25, 0.3) is 11.3 Å². The number of benzene rings is 1. The highest BCUT2D eigenvalue weighted by atomic mass is 79.9. The van der Waals surface area contributed by atoms with Crippen LogP contribution in [0.3, 0.4) is 0 Å². The normalized spacial score (nSPS) is 19.2. The minimum atomic E-state index is -3.08. The number of amides is 1. The van der Waals surface area contributed by atoms with Crippen molar-refractivity contribution in [3.8, 4) is 17.0 Å². The number of aromatic nitrogens is 1. The molecule has 128 valence electrons. The number of sulfone groups is 1. The molecule has 0 spiro atoms. The van der Waals surface area contributed by atoms with Crippen molar-refractivity contribution < 1.29 is 17.9 Å². The van der Waals surface area contributed by atoms with Gasteiger partial charge < -0.3 is 10.1 Å². The maximum Gasteiger partial charge on any atom is 0.230 e. The second kappa shape index (κ2) is 6.81. The van der Waals surface area contributed by atoms with Gasteiger partial charge in [0.25, 0.3) is 0 Å². The summed E-state index contributed by atoms with van der Waals surface area (Å²) in [6, 6.07) is 5.61. The molecular formula is C15H15BrN2O4S2. The molecule has 1 aromatic carbocycles. The number of ether oxygens (including phenoxy) is 1. The van der Waals surface area contributed by atoms with Gasteiger partial charge in [0.2, 0.25) is 5.91 Å². The van der Waals surface area contributed by atoms with Gasteiger partial charge in [-0.2, -0.15) is 0 Å². The lowest BCUT2D eigenvalue weighted by Crippen LogP contribution is -2.23. The van der Waals surface area contributed by atoms with Crippen LogP contribution < -0.4 is 10.1 Å². The highest BCUT2D eigenvalue weighted by molar-refractivity contribution is 9.10. The van der Waals surface area contributed by atoms with E-state index in [0.29, 0.717) is 11.6 Å². The van der Waals surface area contributed by atoms with E-state index in [0.717, 1.165) is 21.5 Å². The Kier molecular flexibility index (Phi) is 4.93. The second-order valence-corrected chi connectivity index (χ2v) is 9.42. The summed E-state index contributed by atoms with van der Waals surface area (Å²) in [4.78, 5) is 16.6. The van der Waals surface area contributed by atoms with Gasteiger partial charge in [-0.1, -0.05) is 0 Å². The fraction of sp³-hybridized carbons (Fsp3) is 0.333. The molecule has 0 radical (unpaired) electrons. The SMILES string of the molecule is COc1ccc(-c2csc(NC(=O)C3CCS(=O)(=O)C3)n2)cc1Br. The predicted octanol–water partition coefficient (Wildman–Crippen LogP) is 2.95. The monoisotopic (exact) mass is 430 g/mol. The summed E-state index contributed by atoms with van der Waals surface area (Å²) in [5.41, 5.74) is 1.63. The van der Waals surface area contributed by atoms with E-state index in [-0.39, 0.29) is 17.4 Å². The number of thiazole rings is 1. The van der Waals surface area contributed by atoms with Crippen molar-refractivity contribution in [2.45, 2.75) is 6.42 Å². The van der Waals surface area contributed by atoms with Crippen LogP contribution >= 0.6 is 27.3 Å². The van der Waals surface area contributed by atoms with E-state index in [2.05, 4.69) is 26.2 Å². The molecule has 24 heavy (non-hydrogen) atoms. The molecular weight excluding hydrogens is 416 g/mol. The summed E-state index contributed by atoms with van der Waals surface area (Å²) in [5, 5.41) is 5.02. The van der Waals surface area contributed by atoms with Crippen LogP contribution in [-0.4, -0.2) is 37.9 Å². The van der Waals surface area contributed by atoms with Crippen molar-refractivity contribution in [1.29, 1.82) is 0 Å². The van der Waals surface area contributed by atoms with Crippen molar-refractivity contribution in [1.82, 2.24) is 4.98 Å². The molecule has 1 amide bonds. The van der Waals surface area contributed by atoms with Crippen LogP contribution in [0.4, 0.5) is 5.13 Å². The van der Waals surface area contributed by atoms with E-state index in [1.165, 1.54) is 11.3 Å². The van der Waals surface area contributed by atoms with Crippen LogP contribution in [0.1, 0.15) is 6.42 Å². The van der Waals surface area contributed by atoms with E-state index in [4.69, 9.17) is 4.74 Å². The number of anilines is 1. The molecule has 0 saturated carbocycles. The van der Waals surface area contributed by atoms with Gasteiger partial charge in [0, 0.05) is 10.9 Å². The quantitative estimate of drug-likeness (QED) is 0.805. The molecule has 2 heterocycles. The van der Waals surface area contributed by atoms with E-state index < -0.39 is 15.8 Å². The fourth-order valence-electron chi connectivity index (χ4n) is 2.50. The standard InChI is InChI=1S/C15H15BrN2O4S2/c1-22-13-3-2-9(6-11(13)16)12-7-23-15(17-12)18-14(19)10-4-5-24(20,21)8-10/h2-3,6-7,10H,4-5,8H2,1H3,(H,17,18,19). The molecule has 1 atom stereocenters. The first-order valence-electron chi connectivity index (χ1n) is 7.19. The third-order valence-corrected chi connectivity index (χ3v) is 6.93. The summed E-state index contributed by atoms with van der Waals surface area (Å²) < 4.78 is 28.9. The summed E-state index contributed by atoms with van der Waals surface area (Å²) in [7, 11) is -1.48. The first-order valence-corrected chi connectivity index (χ1v) is 10.7. The van der Waals surface area contributed by atoms with Gasteiger partial charge in [-0.15, -0.1) is 11.3 Å². The molecule has 1 fully saturated rings. The molecule has 2 aromatic rings. The molecule has 0 bridgehead atoms. The Balaban J connectivity index is 1.72. The van der Waals surface area contributed by atoms with Gasteiger partial charge >= 0.3 is 0 Å². The molecule has 0 aliphatic carbocycles.